The molecule has 214 valence electrons. The number of hydrogen-bond donors (Lipinski definition) is 4. The SMILES string of the molecule is CC[C@H](C)[C@H](NC(=O)[C@H](CC(C)C)NC(=O)[C@H](C)NC(=O)CCSCc1ccccc1)C(=O)NCCSC. The Morgan fingerprint density at radius 1 is 0.868 bits per heavy atom. The predicted octanol–water partition coefficient (Wildman–Crippen LogP) is 3.36. The zero-order valence-electron chi connectivity index (χ0n) is 23.7. The van der Waals surface area contributed by atoms with Gasteiger partial charge in [-0.1, -0.05) is 64.4 Å². The quantitative estimate of drug-likeness (QED) is 0.203. The fourth-order valence-electron chi connectivity index (χ4n) is 3.65. The van der Waals surface area contributed by atoms with Gasteiger partial charge in [0.1, 0.15) is 18.1 Å². The van der Waals surface area contributed by atoms with Crippen LogP contribution in [0, 0.1) is 11.8 Å². The summed E-state index contributed by atoms with van der Waals surface area (Å²) in [5.41, 5.74) is 1.20. The Morgan fingerprint density at radius 2 is 1.55 bits per heavy atom. The Bertz CT molecular complexity index is 870. The van der Waals surface area contributed by atoms with Gasteiger partial charge in [-0.25, -0.2) is 0 Å². The molecule has 0 aliphatic carbocycles. The standard InChI is InChI=1S/C28H46N4O4S2/c1-7-20(4)25(28(36)29-14-16-37-6)32-27(35)23(17-19(2)3)31-26(34)21(5)30-24(33)13-15-38-18-22-11-9-8-10-12-22/h8-12,19-21,23,25H,7,13-18H2,1-6H3,(H,29,36)(H,30,33)(H,31,34)(H,32,35)/t20-,21-,23-,25-/m0/s1. The highest BCUT2D eigenvalue weighted by Crippen LogP contribution is 2.13. The topological polar surface area (TPSA) is 116 Å². The first-order valence-corrected chi connectivity index (χ1v) is 15.9. The molecule has 1 aromatic carbocycles. The number of carbonyl (C=O) groups excluding carboxylic acids is 4. The van der Waals surface area contributed by atoms with Gasteiger partial charge in [-0.2, -0.15) is 23.5 Å². The van der Waals surface area contributed by atoms with E-state index in [2.05, 4.69) is 21.3 Å². The molecule has 0 saturated heterocycles. The van der Waals surface area contributed by atoms with E-state index in [0.29, 0.717) is 25.1 Å². The molecule has 4 amide bonds. The van der Waals surface area contributed by atoms with Gasteiger partial charge in [0.2, 0.25) is 23.6 Å². The molecule has 0 heterocycles. The van der Waals surface area contributed by atoms with Crippen molar-refractivity contribution in [1.29, 1.82) is 0 Å². The maximum Gasteiger partial charge on any atom is 0.243 e. The third-order valence-corrected chi connectivity index (χ3v) is 7.74. The van der Waals surface area contributed by atoms with E-state index in [4.69, 9.17) is 0 Å². The monoisotopic (exact) mass is 566 g/mol. The molecule has 0 bridgehead atoms. The summed E-state index contributed by atoms with van der Waals surface area (Å²) in [4.78, 5) is 51.2. The van der Waals surface area contributed by atoms with Crippen molar-refractivity contribution in [3.63, 3.8) is 0 Å². The van der Waals surface area contributed by atoms with E-state index in [1.807, 2.05) is 64.3 Å². The van der Waals surface area contributed by atoms with E-state index in [1.165, 1.54) is 5.56 Å². The molecule has 0 aliphatic rings. The summed E-state index contributed by atoms with van der Waals surface area (Å²) < 4.78 is 0. The van der Waals surface area contributed by atoms with Gasteiger partial charge in [0.05, 0.1) is 0 Å². The normalized spacial score (nSPS) is 14.2. The van der Waals surface area contributed by atoms with E-state index in [9.17, 15) is 19.2 Å². The summed E-state index contributed by atoms with van der Waals surface area (Å²) in [6, 6.07) is 7.75. The Balaban J connectivity index is 2.66. The molecule has 0 saturated carbocycles. The maximum atomic E-state index is 13.2. The van der Waals surface area contributed by atoms with Crippen LogP contribution in [0.4, 0.5) is 0 Å². The highest BCUT2D eigenvalue weighted by molar-refractivity contribution is 7.98. The minimum Gasteiger partial charge on any atom is -0.353 e. The summed E-state index contributed by atoms with van der Waals surface area (Å²) in [7, 11) is 0. The third-order valence-electron chi connectivity index (χ3n) is 6.09. The van der Waals surface area contributed by atoms with Crippen molar-refractivity contribution in [3.05, 3.63) is 35.9 Å². The highest BCUT2D eigenvalue weighted by atomic mass is 32.2. The molecule has 0 aromatic heterocycles. The largest absolute Gasteiger partial charge is 0.353 e. The summed E-state index contributed by atoms with van der Waals surface area (Å²) in [6.45, 7) is 9.95. The van der Waals surface area contributed by atoms with Crippen molar-refractivity contribution in [1.82, 2.24) is 21.3 Å². The molecular weight excluding hydrogens is 520 g/mol. The van der Waals surface area contributed by atoms with E-state index >= 15 is 0 Å². The van der Waals surface area contributed by atoms with Crippen LogP contribution in [0.2, 0.25) is 0 Å². The number of rotatable bonds is 18. The molecule has 0 fully saturated rings. The first-order chi connectivity index (χ1) is 18.1. The molecule has 0 aliphatic heterocycles. The van der Waals surface area contributed by atoms with Gasteiger partial charge in [-0.15, -0.1) is 0 Å². The zero-order valence-corrected chi connectivity index (χ0v) is 25.3. The van der Waals surface area contributed by atoms with Crippen molar-refractivity contribution in [2.24, 2.45) is 11.8 Å². The van der Waals surface area contributed by atoms with Crippen molar-refractivity contribution in [2.45, 2.75) is 77.8 Å². The van der Waals surface area contributed by atoms with Gasteiger partial charge in [-0.05, 0) is 37.0 Å². The van der Waals surface area contributed by atoms with E-state index in [1.54, 1.807) is 30.4 Å². The van der Waals surface area contributed by atoms with Crippen LogP contribution in [0.3, 0.4) is 0 Å². The second kappa shape index (κ2) is 19.0. The molecule has 0 radical (unpaired) electrons. The van der Waals surface area contributed by atoms with Gasteiger partial charge in [0, 0.05) is 30.2 Å². The van der Waals surface area contributed by atoms with Crippen molar-refractivity contribution >= 4 is 47.2 Å². The highest BCUT2D eigenvalue weighted by Gasteiger charge is 2.31. The molecule has 1 rings (SSSR count). The molecular formula is C28H46N4O4S2. The minimum absolute atomic E-state index is 0.0680. The van der Waals surface area contributed by atoms with Crippen LogP contribution in [0.1, 0.15) is 59.4 Å². The molecule has 4 N–H and O–H groups in total. The summed E-state index contributed by atoms with van der Waals surface area (Å²) in [5.74, 6) is 1.06. The van der Waals surface area contributed by atoms with Gasteiger partial charge in [-0.3, -0.25) is 19.2 Å². The van der Waals surface area contributed by atoms with Crippen LogP contribution < -0.4 is 21.3 Å². The number of hydrogen-bond acceptors (Lipinski definition) is 6. The van der Waals surface area contributed by atoms with Crippen LogP contribution >= 0.6 is 23.5 Å². The van der Waals surface area contributed by atoms with Crippen LogP contribution in [0.15, 0.2) is 30.3 Å². The minimum atomic E-state index is -0.811. The zero-order chi connectivity index (χ0) is 28.5. The second-order valence-electron chi connectivity index (χ2n) is 9.92. The molecule has 0 unspecified atom stereocenters. The van der Waals surface area contributed by atoms with Gasteiger partial charge >= 0.3 is 0 Å². The number of thioether (sulfide) groups is 2. The van der Waals surface area contributed by atoms with Gasteiger partial charge in [0.15, 0.2) is 0 Å². The lowest BCUT2D eigenvalue weighted by molar-refractivity contribution is -0.134. The van der Waals surface area contributed by atoms with Crippen LogP contribution in [-0.2, 0) is 24.9 Å². The predicted molar refractivity (Wildman–Crippen MR) is 159 cm³/mol. The van der Waals surface area contributed by atoms with Crippen molar-refractivity contribution < 1.29 is 19.2 Å². The summed E-state index contributed by atoms with van der Waals surface area (Å²) in [5, 5.41) is 11.3. The van der Waals surface area contributed by atoms with Crippen LogP contribution in [-0.4, -0.2) is 66.1 Å². The lowest BCUT2D eigenvalue weighted by Gasteiger charge is -2.28. The lowest BCUT2D eigenvalue weighted by atomic mass is 9.96. The molecule has 10 heteroatoms. The Morgan fingerprint density at radius 3 is 2.16 bits per heavy atom. The van der Waals surface area contributed by atoms with Gasteiger partial charge < -0.3 is 21.3 Å². The van der Waals surface area contributed by atoms with E-state index < -0.39 is 29.9 Å². The van der Waals surface area contributed by atoms with Crippen molar-refractivity contribution in [2.75, 3.05) is 24.3 Å². The number of amides is 4. The van der Waals surface area contributed by atoms with E-state index in [-0.39, 0.29) is 23.7 Å². The Kier molecular flexibility index (Phi) is 16.9. The van der Waals surface area contributed by atoms with Crippen molar-refractivity contribution in [3.8, 4) is 0 Å². The Hall–Kier alpha value is -2.20. The first kappa shape index (κ1) is 33.8. The molecule has 1 aromatic rings. The van der Waals surface area contributed by atoms with Crippen LogP contribution in [0.25, 0.3) is 0 Å². The average molecular weight is 567 g/mol. The molecule has 38 heavy (non-hydrogen) atoms. The van der Waals surface area contributed by atoms with Gasteiger partial charge in [0.25, 0.3) is 0 Å². The second-order valence-corrected chi connectivity index (χ2v) is 12.0. The van der Waals surface area contributed by atoms with Crippen LogP contribution in [0.5, 0.6) is 0 Å². The lowest BCUT2D eigenvalue weighted by Crippen LogP contribution is -2.58. The number of benzene rings is 1. The fraction of sp³-hybridized carbons (Fsp3) is 0.643. The Labute approximate surface area is 237 Å². The average Bonchev–Trinajstić information content (AvgIpc) is 2.89. The molecule has 0 spiro atoms. The number of nitrogens with one attached hydrogen (secondary N) is 4. The molecule has 4 atom stereocenters. The maximum absolute atomic E-state index is 13.2. The van der Waals surface area contributed by atoms with E-state index in [0.717, 1.165) is 17.9 Å². The molecule has 8 nitrogen and oxygen atoms in total. The summed E-state index contributed by atoms with van der Waals surface area (Å²) in [6.07, 6.45) is 3.39. The number of carbonyl (C=O) groups is 4. The summed E-state index contributed by atoms with van der Waals surface area (Å²) >= 11 is 3.29. The third kappa shape index (κ3) is 13.6. The fourth-order valence-corrected chi connectivity index (χ4v) is 4.86. The smallest absolute Gasteiger partial charge is 0.243 e. The first-order valence-electron chi connectivity index (χ1n) is 13.4.